The molecule has 2 heterocycles. The Bertz CT molecular complexity index is 583. The Morgan fingerprint density at radius 1 is 1.17 bits per heavy atom. The first-order valence-corrected chi connectivity index (χ1v) is 9.44. The minimum absolute atomic E-state index is 0.00812. The average Bonchev–Trinajstić information content (AvgIpc) is 3.32. The van der Waals surface area contributed by atoms with E-state index in [1.54, 1.807) is 5.51 Å². The SMILES string of the molecule is O=C(Nc1nncs1)C1CCN(C(=O)C2CC3CCC2C3)CC1. The zero-order chi connectivity index (χ0) is 15.8. The summed E-state index contributed by atoms with van der Waals surface area (Å²) in [5.41, 5.74) is 1.60. The van der Waals surface area contributed by atoms with Crippen LogP contribution in [0.3, 0.4) is 0 Å². The molecule has 6 nitrogen and oxygen atoms in total. The maximum Gasteiger partial charge on any atom is 0.229 e. The van der Waals surface area contributed by atoms with E-state index in [9.17, 15) is 9.59 Å². The van der Waals surface area contributed by atoms with Crippen molar-refractivity contribution in [1.29, 1.82) is 0 Å². The minimum Gasteiger partial charge on any atom is -0.342 e. The van der Waals surface area contributed by atoms with Crippen molar-refractivity contribution in [3.8, 4) is 0 Å². The molecule has 2 aliphatic carbocycles. The molecule has 3 fully saturated rings. The summed E-state index contributed by atoms with van der Waals surface area (Å²) in [5, 5.41) is 10.9. The topological polar surface area (TPSA) is 75.2 Å². The van der Waals surface area contributed by atoms with Crippen molar-refractivity contribution >= 4 is 28.3 Å². The second-order valence-corrected chi connectivity index (χ2v) is 7.95. The van der Waals surface area contributed by atoms with E-state index in [2.05, 4.69) is 15.5 Å². The van der Waals surface area contributed by atoms with E-state index in [1.807, 2.05) is 4.90 Å². The molecular weight excluding hydrogens is 312 g/mol. The first kappa shape index (κ1) is 15.1. The van der Waals surface area contributed by atoms with Crippen LogP contribution in [0.15, 0.2) is 5.51 Å². The molecule has 1 aromatic rings. The summed E-state index contributed by atoms with van der Waals surface area (Å²) in [6, 6.07) is 0. The Hall–Kier alpha value is -1.50. The number of nitrogens with zero attached hydrogens (tertiary/aromatic N) is 3. The first-order chi connectivity index (χ1) is 11.2. The van der Waals surface area contributed by atoms with Gasteiger partial charge in [0, 0.05) is 24.9 Å². The molecule has 124 valence electrons. The van der Waals surface area contributed by atoms with Crippen LogP contribution in [0, 0.1) is 23.7 Å². The van der Waals surface area contributed by atoms with Crippen LogP contribution in [0.4, 0.5) is 5.13 Å². The number of carbonyl (C=O) groups is 2. The predicted octanol–water partition coefficient (Wildman–Crippen LogP) is 2.15. The summed E-state index contributed by atoms with van der Waals surface area (Å²) in [4.78, 5) is 27.0. The van der Waals surface area contributed by atoms with Crippen molar-refractivity contribution in [1.82, 2.24) is 15.1 Å². The summed E-state index contributed by atoms with van der Waals surface area (Å²) < 4.78 is 0. The van der Waals surface area contributed by atoms with Crippen molar-refractivity contribution in [3.05, 3.63) is 5.51 Å². The van der Waals surface area contributed by atoms with Gasteiger partial charge in [-0.3, -0.25) is 9.59 Å². The molecule has 0 radical (unpaired) electrons. The van der Waals surface area contributed by atoms with Crippen molar-refractivity contribution in [2.24, 2.45) is 23.7 Å². The van der Waals surface area contributed by atoms with E-state index in [0.717, 1.165) is 25.2 Å². The van der Waals surface area contributed by atoms with Crippen LogP contribution in [0.1, 0.15) is 38.5 Å². The monoisotopic (exact) mass is 334 g/mol. The quantitative estimate of drug-likeness (QED) is 0.919. The molecule has 7 heteroatoms. The molecule has 0 spiro atoms. The van der Waals surface area contributed by atoms with E-state index >= 15 is 0 Å². The standard InChI is InChI=1S/C16H22N4O2S/c21-14(18-16-19-17-9-23-16)11-3-5-20(6-4-11)15(22)13-8-10-1-2-12(13)7-10/h9-13H,1-8H2,(H,18,19,21). The fraction of sp³-hybridized carbons (Fsp3) is 0.750. The number of nitrogens with one attached hydrogen (secondary N) is 1. The van der Waals surface area contributed by atoms with E-state index in [1.165, 1.54) is 30.6 Å². The zero-order valence-electron chi connectivity index (χ0n) is 13.1. The highest BCUT2D eigenvalue weighted by atomic mass is 32.1. The Morgan fingerprint density at radius 3 is 2.61 bits per heavy atom. The summed E-state index contributed by atoms with van der Waals surface area (Å²) in [5.74, 6) is 2.02. The fourth-order valence-corrected chi connectivity index (χ4v) is 5.03. The third-order valence-electron chi connectivity index (χ3n) is 5.82. The highest BCUT2D eigenvalue weighted by Gasteiger charge is 2.44. The minimum atomic E-state index is -0.0250. The van der Waals surface area contributed by atoms with Crippen molar-refractivity contribution in [3.63, 3.8) is 0 Å². The largest absolute Gasteiger partial charge is 0.342 e. The number of aromatic nitrogens is 2. The number of anilines is 1. The molecule has 2 amide bonds. The number of rotatable bonds is 3. The van der Waals surface area contributed by atoms with Gasteiger partial charge in [0.1, 0.15) is 5.51 Å². The molecule has 3 atom stereocenters. The van der Waals surface area contributed by atoms with E-state index < -0.39 is 0 Å². The average molecular weight is 334 g/mol. The number of fused-ring (bicyclic) bond motifs is 2. The number of likely N-dealkylation sites (tertiary alicyclic amines) is 1. The van der Waals surface area contributed by atoms with Crippen molar-refractivity contribution in [2.45, 2.75) is 38.5 Å². The van der Waals surface area contributed by atoms with Gasteiger partial charge < -0.3 is 10.2 Å². The normalized spacial score (nSPS) is 30.6. The van der Waals surface area contributed by atoms with E-state index in [0.29, 0.717) is 30.0 Å². The lowest BCUT2D eigenvalue weighted by Gasteiger charge is -2.34. The number of hydrogen-bond acceptors (Lipinski definition) is 5. The van der Waals surface area contributed by atoms with Gasteiger partial charge in [0.05, 0.1) is 0 Å². The summed E-state index contributed by atoms with van der Waals surface area (Å²) in [7, 11) is 0. The first-order valence-electron chi connectivity index (χ1n) is 8.56. The number of carbonyl (C=O) groups excluding carboxylic acids is 2. The van der Waals surface area contributed by atoms with Gasteiger partial charge in [0.2, 0.25) is 16.9 Å². The molecule has 1 aromatic heterocycles. The van der Waals surface area contributed by atoms with E-state index in [-0.39, 0.29) is 17.7 Å². The highest BCUT2D eigenvalue weighted by Crippen LogP contribution is 2.49. The molecule has 1 saturated heterocycles. The van der Waals surface area contributed by atoms with Gasteiger partial charge in [0.15, 0.2) is 0 Å². The molecule has 4 rings (SSSR count). The zero-order valence-corrected chi connectivity index (χ0v) is 13.9. The van der Waals surface area contributed by atoms with Gasteiger partial charge in [-0.1, -0.05) is 17.8 Å². The molecule has 1 N–H and O–H groups in total. The van der Waals surface area contributed by atoms with E-state index in [4.69, 9.17) is 0 Å². The predicted molar refractivity (Wildman–Crippen MR) is 86.8 cm³/mol. The van der Waals surface area contributed by atoms with Gasteiger partial charge in [-0.15, -0.1) is 10.2 Å². The second kappa shape index (κ2) is 6.19. The Labute approximate surface area is 139 Å². The molecule has 0 aromatic carbocycles. The fourth-order valence-electron chi connectivity index (χ4n) is 4.58. The Balaban J connectivity index is 1.29. The summed E-state index contributed by atoms with van der Waals surface area (Å²) in [6.07, 6.45) is 6.41. The van der Waals surface area contributed by atoms with Crippen LogP contribution in [-0.2, 0) is 9.59 Å². The molecule has 23 heavy (non-hydrogen) atoms. The van der Waals surface area contributed by atoms with Crippen molar-refractivity contribution < 1.29 is 9.59 Å². The molecule has 3 aliphatic rings. The van der Waals surface area contributed by atoms with Crippen LogP contribution in [0.2, 0.25) is 0 Å². The smallest absolute Gasteiger partial charge is 0.229 e. The third-order valence-corrected chi connectivity index (χ3v) is 6.43. The number of amides is 2. The van der Waals surface area contributed by atoms with Crippen LogP contribution in [0.5, 0.6) is 0 Å². The third kappa shape index (κ3) is 2.98. The lowest BCUT2D eigenvalue weighted by Crippen LogP contribution is -2.45. The summed E-state index contributed by atoms with van der Waals surface area (Å²) >= 11 is 1.33. The van der Waals surface area contributed by atoms with Crippen molar-refractivity contribution in [2.75, 3.05) is 18.4 Å². The van der Waals surface area contributed by atoms with Crippen LogP contribution in [-0.4, -0.2) is 40.0 Å². The molecular formula is C16H22N4O2S. The summed E-state index contributed by atoms with van der Waals surface area (Å²) in [6.45, 7) is 1.42. The lowest BCUT2D eigenvalue weighted by molar-refractivity contribution is -0.140. The van der Waals surface area contributed by atoms with Gasteiger partial charge in [-0.25, -0.2) is 0 Å². The molecule has 2 bridgehead atoms. The van der Waals surface area contributed by atoms with Gasteiger partial charge in [0.25, 0.3) is 0 Å². The highest BCUT2D eigenvalue weighted by molar-refractivity contribution is 7.13. The van der Waals surface area contributed by atoms with Crippen LogP contribution < -0.4 is 5.32 Å². The Morgan fingerprint density at radius 2 is 2.00 bits per heavy atom. The van der Waals surface area contributed by atoms with Gasteiger partial charge in [-0.05, 0) is 43.9 Å². The second-order valence-electron chi connectivity index (χ2n) is 7.11. The lowest BCUT2D eigenvalue weighted by atomic mass is 9.86. The number of hydrogen-bond donors (Lipinski definition) is 1. The molecule has 2 saturated carbocycles. The number of piperidine rings is 1. The van der Waals surface area contributed by atoms with Crippen LogP contribution >= 0.6 is 11.3 Å². The molecule has 1 aliphatic heterocycles. The Kier molecular flexibility index (Phi) is 4.05. The van der Waals surface area contributed by atoms with Gasteiger partial charge >= 0.3 is 0 Å². The maximum absolute atomic E-state index is 12.7. The van der Waals surface area contributed by atoms with Crippen LogP contribution in [0.25, 0.3) is 0 Å². The van der Waals surface area contributed by atoms with Gasteiger partial charge in [-0.2, -0.15) is 0 Å². The molecule has 3 unspecified atom stereocenters. The maximum atomic E-state index is 12.7.